The van der Waals surface area contributed by atoms with Crippen molar-refractivity contribution in [3.05, 3.63) is 16.1 Å². The summed E-state index contributed by atoms with van der Waals surface area (Å²) in [7, 11) is 0. The summed E-state index contributed by atoms with van der Waals surface area (Å²) in [4.78, 5) is 4.70. The van der Waals surface area contributed by atoms with Crippen LogP contribution in [0.4, 0.5) is 0 Å². The number of hydrogen-bond donors (Lipinski definition) is 1. The number of thioether (sulfide) groups is 1. The van der Waals surface area contributed by atoms with Crippen molar-refractivity contribution in [1.82, 2.24) is 10.3 Å². The monoisotopic (exact) mass is 270 g/mol. The van der Waals surface area contributed by atoms with Crippen LogP contribution in [0.1, 0.15) is 37.9 Å². The average molecular weight is 270 g/mol. The number of nitrogens with zero attached hydrogens (tertiary/aromatic N) is 1. The zero-order chi connectivity index (χ0) is 12.3. The predicted molar refractivity (Wildman–Crippen MR) is 78.0 cm³/mol. The van der Waals surface area contributed by atoms with Crippen molar-refractivity contribution in [2.45, 2.75) is 39.2 Å². The van der Waals surface area contributed by atoms with Crippen LogP contribution in [0.2, 0.25) is 0 Å². The largest absolute Gasteiger partial charge is 0.310 e. The second-order valence-electron chi connectivity index (χ2n) is 5.74. The number of hydrogen-bond acceptors (Lipinski definition) is 4. The highest BCUT2D eigenvalue weighted by atomic mass is 32.2. The zero-order valence-corrected chi connectivity index (χ0v) is 12.6. The minimum atomic E-state index is 0.177. The van der Waals surface area contributed by atoms with Crippen LogP contribution in [-0.4, -0.2) is 23.0 Å². The van der Waals surface area contributed by atoms with Crippen LogP contribution in [0.15, 0.2) is 5.38 Å². The fourth-order valence-corrected chi connectivity index (χ4v) is 4.14. The Balaban J connectivity index is 1.77. The molecule has 0 radical (unpaired) electrons. The van der Waals surface area contributed by atoms with Gasteiger partial charge in [0.1, 0.15) is 5.01 Å². The molecule has 1 aliphatic heterocycles. The smallest absolute Gasteiger partial charge is 0.107 e. The fourth-order valence-electron chi connectivity index (χ4n) is 1.86. The van der Waals surface area contributed by atoms with E-state index in [2.05, 4.69) is 43.2 Å². The number of rotatable bonds is 4. The molecule has 1 unspecified atom stereocenters. The molecule has 96 valence electrons. The number of thiazole rings is 1. The molecule has 0 bridgehead atoms. The van der Waals surface area contributed by atoms with Gasteiger partial charge in [0.2, 0.25) is 0 Å². The Kier molecular flexibility index (Phi) is 4.50. The Hall–Kier alpha value is -0.0600. The van der Waals surface area contributed by atoms with Gasteiger partial charge in [0.05, 0.1) is 5.69 Å². The Bertz CT molecular complexity index is 349. The molecule has 1 fully saturated rings. The van der Waals surface area contributed by atoms with Gasteiger partial charge in [-0.05, 0) is 30.4 Å². The van der Waals surface area contributed by atoms with E-state index in [-0.39, 0.29) is 5.41 Å². The average Bonchev–Trinajstić information content (AvgIpc) is 2.86. The Morgan fingerprint density at radius 2 is 2.29 bits per heavy atom. The summed E-state index contributed by atoms with van der Waals surface area (Å²) in [5.41, 5.74) is 1.40. The van der Waals surface area contributed by atoms with Crippen molar-refractivity contribution in [2.75, 3.05) is 18.1 Å². The van der Waals surface area contributed by atoms with E-state index < -0.39 is 0 Å². The van der Waals surface area contributed by atoms with Gasteiger partial charge in [-0.15, -0.1) is 11.3 Å². The van der Waals surface area contributed by atoms with E-state index in [4.69, 9.17) is 4.98 Å². The normalized spacial score (nSPS) is 21.0. The summed E-state index contributed by atoms with van der Waals surface area (Å²) < 4.78 is 0. The van der Waals surface area contributed by atoms with E-state index in [1.54, 1.807) is 11.3 Å². The molecular weight excluding hydrogens is 248 g/mol. The molecule has 0 saturated carbocycles. The lowest BCUT2D eigenvalue weighted by Gasteiger charge is -2.14. The highest BCUT2D eigenvalue weighted by molar-refractivity contribution is 7.99. The second-order valence-corrected chi connectivity index (χ2v) is 7.83. The van der Waals surface area contributed by atoms with E-state index in [9.17, 15) is 0 Å². The summed E-state index contributed by atoms with van der Waals surface area (Å²) in [6, 6.07) is 0. The van der Waals surface area contributed by atoms with Gasteiger partial charge in [-0.1, -0.05) is 20.8 Å². The van der Waals surface area contributed by atoms with Crippen LogP contribution < -0.4 is 5.32 Å². The maximum atomic E-state index is 4.70. The molecule has 1 N–H and O–H groups in total. The Labute approximate surface area is 113 Å². The van der Waals surface area contributed by atoms with Gasteiger partial charge in [-0.3, -0.25) is 0 Å². The van der Waals surface area contributed by atoms with Crippen LogP contribution in [0, 0.1) is 5.92 Å². The Morgan fingerprint density at radius 3 is 2.88 bits per heavy atom. The number of aromatic nitrogens is 1. The predicted octanol–water partition coefficient (Wildman–Crippen LogP) is 3.28. The van der Waals surface area contributed by atoms with E-state index in [1.807, 2.05) is 0 Å². The molecule has 2 heterocycles. The lowest BCUT2D eigenvalue weighted by atomic mass is 9.93. The molecule has 1 aliphatic rings. The van der Waals surface area contributed by atoms with E-state index in [1.165, 1.54) is 28.6 Å². The summed E-state index contributed by atoms with van der Waals surface area (Å²) in [6.07, 6.45) is 1.38. The van der Waals surface area contributed by atoms with Crippen molar-refractivity contribution >= 4 is 23.1 Å². The van der Waals surface area contributed by atoms with Gasteiger partial charge >= 0.3 is 0 Å². The third-order valence-electron chi connectivity index (χ3n) is 3.05. The molecule has 17 heavy (non-hydrogen) atoms. The topological polar surface area (TPSA) is 24.9 Å². The van der Waals surface area contributed by atoms with Crippen LogP contribution in [0.3, 0.4) is 0 Å². The molecule has 0 aliphatic carbocycles. The van der Waals surface area contributed by atoms with E-state index in [0.29, 0.717) is 0 Å². The molecule has 4 heteroatoms. The second kappa shape index (κ2) is 5.72. The molecule has 1 atom stereocenters. The minimum Gasteiger partial charge on any atom is -0.310 e. The first-order valence-corrected chi connectivity index (χ1v) is 8.32. The maximum absolute atomic E-state index is 4.70. The van der Waals surface area contributed by atoms with Gasteiger partial charge in [0, 0.05) is 17.3 Å². The zero-order valence-electron chi connectivity index (χ0n) is 11.0. The standard InChI is InChI=1S/C13H22N2S2/c1-13(2,3)11-9-17-12(15-11)7-14-6-10-4-5-16-8-10/h9-10,14H,4-8H2,1-3H3. The molecule has 1 aromatic rings. The van der Waals surface area contributed by atoms with Crippen LogP contribution in [0.25, 0.3) is 0 Å². The Morgan fingerprint density at radius 1 is 1.47 bits per heavy atom. The van der Waals surface area contributed by atoms with Crippen LogP contribution in [0.5, 0.6) is 0 Å². The van der Waals surface area contributed by atoms with Gasteiger partial charge in [0.25, 0.3) is 0 Å². The van der Waals surface area contributed by atoms with Crippen LogP contribution in [-0.2, 0) is 12.0 Å². The fraction of sp³-hybridized carbons (Fsp3) is 0.769. The van der Waals surface area contributed by atoms with Crippen molar-refractivity contribution in [3.8, 4) is 0 Å². The van der Waals surface area contributed by atoms with Gasteiger partial charge in [-0.2, -0.15) is 11.8 Å². The lowest BCUT2D eigenvalue weighted by molar-refractivity contribution is 0.520. The third-order valence-corrected chi connectivity index (χ3v) is 5.13. The quantitative estimate of drug-likeness (QED) is 0.909. The van der Waals surface area contributed by atoms with Crippen molar-refractivity contribution < 1.29 is 0 Å². The van der Waals surface area contributed by atoms with Crippen LogP contribution >= 0.6 is 23.1 Å². The first-order valence-electron chi connectivity index (χ1n) is 6.29. The molecule has 2 nitrogen and oxygen atoms in total. The molecule has 0 spiro atoms. The van der Waals surface area contributed by atoms with Gasteiger partial charge < -0.3 is 5.32 Å². The first-order chi connectivity index (χ1) is 8.05. The number of nitrogens with one attached hydrogen (secondary N) is 1. The van der Waals surface area contributed by atoms with Crippen molar-refractivity contribution in [2.24, 2.45) is 5.92 Å². The molecule has 1 aromatic heterocycles. The van der Waals surface area contributed by atoms with E-state index >= 15 is 0 Å². The summed E-state index contributed by atoms with van der Waals surface area (Å²) in [5, 5.41) is 6.96. The molecule has 2 rings (SSSR count). The van der Waals surface area contributed by atoms with Crippen molar-refractivity contribution in [3.63, 3.8) is 0 Å². The van der Waals surface area contributed by atoms with Gasteiger partial charge in [0.15, 0.2) is 0 Å². The molecule has 1 saturated heterocycles. The SMILES string of the molecule is CC(C)(C)c1csc(CNCC2CCSC2)n1. The third kappa shape index (κ3) is 3.97. The molecule has 0 amide bonds. The van der Waals surface area contributed by atoms with E-state index in [0.717, 1.165) is 19.0 Å². The van der Waals surface area contributed by atoms with Crippen molar-refractivity contribution in [1.29, 1.82) is 0 Å². The highest BCUT2D eigenvalue weighted by Gasteiger charge is 2.18. The first kappa shape index (κ1) is 13.4. The molecular formula is C13H22N2S2. The maximum Gasteiger partial charge on any atom is 0.107 e. The lowest BCUT2D eigenvalue weighted by Crippen LogP contribution is -2.22. The summed E-state index contributed by atoms with van der Waals surface area (Å²) in [6.45, 7) is 8.73. The molecule has 0 aromatic carbocycles. The van der Waals surface area contributed by atoms with Gasteiger partial charge in [-0.25, -0.2) is 4.98 Å². The summed E-state index contributed by atoms with van der Waals surface area (Å²) >= 11 is 3.86. The summed E-state index contributed by atoms with van der Waals surface area (Å²) in [5.74, 6) is 3.55. The highest BCUT2D eigenvalue weighted by Crippen LogP contribution is 2.24. The minimum absolute atomic E-state index is 0.177.